The maximum Gasteiger partial charge on any atom is 0.262 e. The molecule has 4 aromatic rings. The summed E-state index contributed by atoms with van der Waals surface area (Å²) < 4.78 is 1.64. The molecule has 6 nitrogen and oxygen atoms in total. The first-order valence-corrected chi connectivity index (χ1v) is 7.20. The summed E-state index contributed by atoms with van der Waals surface area (Å²) in [5.41, 5.74) is 3.21. The van der Waals surface area contributed by atoms with Crippen LogP contribution >= 0.6 is 0 Å². The van der Waals surface area contributed by atoms with E-state index in [4.69, 9.17) is 0 Å². The van der Waals surface area contributed by atoms with Gasteiger partial charge in [-0.15, -0.1) is 10.2 Å². The van der Waals surface area contributed by atoms with Gasteiger partial charge in [0.05, 0.1) is 5.52 Å². The number of benzene rings is 2. The lowest BCUT2D eigenvalue weighted by atomic mass is 10.1. The van der Waals surface area contributed by atoms with E-state index in [0.717, 1.165) is 22.0 Å². The Labute approximate surface area is 131 Å². The molecule has 0 radical (unpaired) electrons. The highest BCUT2D eigenvalue weighted by molar-refractivity contribution is 6.06. The van der Waals surface area contributed by atoms with E-state index in [1.165, 1.54) is 0 Å². The molecule has 0 unspecified atom stereocenters. The van der Waals surface area contributed by atoms with E-state index < -0.39 is 0 Å². The predicted octanol–water partition coefficient (Wildman–Crippen LogP) is 2.82. The molecule has 0 bridgehead atoms. The van der Waals surface area contributed by atoms with Crippen molar-refractivity contribution in [3.05, 3.63) is 65.9 Å². The van der Waals surface area contributed by atoms with Gasteiger partial charge in [-0.2, -0.15) is 5.21 Å². The highest BCUT2D eigenvalue weighted by atomic mass is 16.2. The van der Waals surface area contributed by atoms with Crippen molar-refractivity contribution < 1.29 is 4.79 Å². The zero-order valence-electron chi connectivity index (χ0n) is 12.4. The summed E-state index contributed by atoms with van der Waals surface area (Å²) in [6.07, 6.45) is 1.77. The van der Waals surface area contributed by atoms with Gasteiger partial charge in [0.25, 0.3) is 5.91 Å². The Kier molecular flexibility index (Phi) is 3.01. The second-order valence-corrected chi connectivity index (χ2v) is 5.29. The first-order chi connectivity index (χ1) is 11.3. The van der Waals surface area contributed by atoms with Gasteiger partial charge in [0, 0.05) is 22.7 Å². The number of tetrazole rings is 1. The molecule has 0 aliphatic rings. The predicted molar refractivity (Wildman–Crippen MR) is 86.0 cm³/mol. The third kappa shape index (κ3) is 2.12. The fraction of sp³-hybridized carbons (Fsp3) is 0.0588. The van der Waals surface area contributed by atoms with E-state index in [2.05, 4.69) is 20.6 Å². The fourth-order valence-corrected chi connectivity index (χ4v) is 2.74. The molecule has 0 atom stereocenters. The number of nitrogens with one attached hydrogen (secondary N) is 1. The fourth-order valence-electron chi connectivity index (χ4n) is 2.74. The number of aromatic amines is 1. The molecule has 0 spiro atoms. The summed E-state index contributed by atoms with van der Waals surface area (Å²) in [5, 5.41) is 15.0. The monoisotopic (exact) mass is 303 g/mol. The number of hydrogen-bond donors (Lipinski definition) is 1. The smallest absolute Gasteiger partial charge is 0.262 e. The van der Waals surface area contributed by atoms with Crippen LogP contribution in [0.5, 0.6) is 0 Å². The molecule has 0 saturated carbocycles. The minimum atomic E-state index is -0.0750. The molecule has 112 valence electrons. The molecule has 0 aliphatic carbocycles. The molecule has 4 rings (SSSR count). The zero-order valence-corrected chi connectivity index (χ0v) is 12.4. The lowest BCUT2D eigenvalue weighted by molar-refractivity contribution is 0.0964. The number of carbonyl (C=O) groups excluding carboxylic acids is 1. The number of para-hydroxylation sites is 1. The molecular formula is C17H13N5O. The van der Waals surface area contributed by atoms with E-state index in [0.29, 0.717) is 11.4 Å². The second kappa shape index (κ2) is 5.17. The van der Waals surface area contributed by atoms with Crippen LogP contribution in [0, 0.1) is 6.92 Å². The van der Waals surface area contributed by atoms with E-state index in [-0.39, 0.29) is 5.91 Å². The van der Waals surface area contributed by atoms with Crippen LogP contribution in [0.1, 0.15) is 15.9 Å². The Morgan fingerprint density at radius 3 is 2.65 bits per heavy atom. The van der Waals surface area contributed by atoms with E-state index in [9.17, 15) is 4.79 Å². The molecule has 2 aromatic heterocycles. The number of aromatic nitrogens is 5. The summed E-state index contributed by atoms with van der Waals surface area (Å²) >= 11 is 0. The minimum Gasteiger partial charge on any atom is -0.282 e. The number of H-pyrrole nitrogens is 1. The van der Waals surface area contributed by atoms with Crippen LogP contribution in [0.2, 0.25) is 0 Å². The van der Waals surface area contributed by atoms with E-state index in [1.807, 2.05) is 55.5 Å². The van der Waals surface area contributed by atoms with Gasteiger partial charge < -0.3 is 0 Å². The summed E-state index contributed by atoms with van der Waals surface area (Å²) in [4.78, 5) is 13.0. The van der Waals surface area contributed by atoms with E-state index >= 15 is 0 Å². The Morgan fingerprint density at radius 1 is 1.09 bits per heavy atom. The lowest BCUT2D eigenvalue weighted by Gasteiger charge is -2.06. The van der Waals surface area contributed by atoms with E-state index in [1.54, 1.807) is 10.8 Å². The summed E-state index contributed by atoms with van der Waals surface area (Å²) in [7, 11) is 0. The van der Waals surface area contributed by atoms with Gasteiger partial charge in [-0.1, -0.05) is 36.4 Å². The number of hydrogen-bond acceptors (Lipinski definition) is 4. The van der Waals surface area contributed by atoms with Crippen LogP contribution in [0.4, 0.5) is 0 Å². The van der Waals surface area contributed by atoms with Crippen molar-refractivity contribution in [1.29, 1.82) is 0 Å². The van der Waals surface area contributed by atoms with Gasteiger partial charge in [-0.25, -0.2) is 0 Å². The summed E-state index contributed by atoms with van der Waals surface area (Å²) in [6, 6.07) is 15.2. The maximum atomic E-state index is 13.0. The largest absolute Gasteiger partial charge is 0.282 e. The number of nitrogens with zero attached hydrogens (tertiary/aromatic N) is 4. The van der Waals surface area contributed by atoms with Crippen LogP contribution in [0.25, 0.3) is 22.3 Å². The Hall–Kier alpha value is -3.28. The van der Waals surface area contributed by atoms with Crippen LogP contribution in [0.15, 0.2) is 54.7 Å². The number of fused-ring (bicyclic) bond motifs is 1. The molecule has 0 saturated heterocycles. The van der Waals surface area contributed by atoms with Crippen LogP contribution in [-0.2, 0) is 0 Å². The molecule has 0 amide bonds. The van der Waals surface area contributed by atoms with Gasteiger partial charge >= 0.3 is 0 Å². The highest BCUT2D eigenvalue weighted by Crippen LogP contribution is 2.28. The molecule has 6 heteroatoms. The molecule has 23 heavy (non-hydrogen) atoms. The number of carbonyl (C=O) groups is 1. The molecule has 2 aromatic carbocycles. The van der Waals surface area contributed by atoms with Gasteiger partial charge in [0.1, 0.15) is 0 Å². The molecule has 1 N–H and O–H groups in total. The molecule has 0 fully saturated rings. The van der Waals surface area contributed by atoms with Crippen LogP contribution in [-0.4, -0.2) is 31.1 Å². The Bertz CT molecular complexity index is 1000. The topological polar surface area (TPSA) is 76.5 Å². The standard InChI is InChI=1S/C17H13N5O/c1-11-6-2-3-7-12(11)17(23)22-10-14(16-18-20-21-19-16)13-8-4-5-9-15(13)22/h2-10H,1H3,(H,18,19,20,21). The van der Waals surface area contributed by atoms with Crippen molar-refractivity contribution in [2.45, 2.75) is 6.92 Å². The maximum absolute atomic E-state index is 13.0. The van der Waals surface area contributed by atoms with Gasteiger partial charge in [-0.05, 0) is 29.8 Å². The lowest BCUT2D eigenvalue weighted by Crippen LogP contribution is -2.12. The van der Waals surface area contributed by atoms with Crippen molar-refractivity contribution in [3.63, 3.8) is 0 Å². The van der Waals surface area contributed by atoms with Gasteiger partial charge in [0.15, 0.2) is 0 Å². The number of aryl methyl sites for hydroxylation is 1. The minimum absolute atomic E-state index is 0.0750. The quantitative estimate of drug-likeness (QED) is 0.618. The summed E-state index contributed by atoms with van der Waals surface area (Å²) in [5.74, 6) is 0.395. The van der Waals surface area contributed by atoms with Gasteiger partial charge in [-0.3, -0.25) is 9.36 Å². The molecular weight excluding hydrogens is 290 g/mol. The first-order valence-electron chi connectivity index (χ1n) is 7.20. The SMILES string of the molecule is Cc1ccccc1C(=O)n1cc(-c2nn[nH]n2)c2ccccc21. The van der Waals surface area contributed by atoms with Crippen LogP contribution < -0.4 is 0 Å². The average Bonchev–Trinajstić information content (AvgIpc) is 3.22. The zero-order chi connectivity index (χ0) is 15.8. The Balaban J connectivity index is 1.95. The third-order valence-electron chi connectivity index (χ3n) is 3.89. The second-order valence-electron chi connectivity index (χ2n) is 5.29. The van der Waals surface area contributed by atoms with Crippen molar-refractivity contribution in [1.82, 2.24) is 25.2 Å². The third-order valence-corrected chi connectivity index (χ3v) is 3.89. The number of rotatable bonds is 2. The van der Waals surface area contributed by atoms with Gasteiger partial charge in [0.2, 0.25) is 5.82 Å². The van der Waals surface area contributed by atoms with Crippen molar-refractivity contribution >= 4 is 16.8 Å². The Morgan fingerprint density at radius 2 is 1.87 bits per heavy atom. The van der Waals surface area contributed by atoms with Crippen molar-refractivity contribution in [3.8, 4) is 11.4 Å². The van der Waals surface area contributed by atoms with Crippen molar-refractivity contribution in [2.75, 3.05) is 0 Å². The average molecular weight is 303 g/mol. The van der Waals surface area contributed by atoms with Crippen LogP contribution in [0.3, 0.4) is 0 Å². The summed E-state index contributed by atoms with van der Waals surface area (Å²) in [6.45, 7) is 1.93. The normalized spacial score (nSPS) is 11.0. The van der Waals surface area contributed by atoms with Crippen molar-refractivity contribution in [2.24, 2.45) is 0 Å². The highest BCUT2D eigenvalue weighted by Gasteiger charge is 2.18. The first kappa shape index (κ1) is 13.4. The molecule has 2 heterocycles. The molecule has 0 aliphatic heterocycles.